The van der Waals surface area contributed by atoms with Crippen molar-refractivity contribution >= 4 is 11.9 Å². The van der Waals surface area contributed by atoms with Crippen LogP contribution in [-0.2, 0) is 28.5 Å². The Morgan fingerprint density at radius 3 is 2.17 bits per heavy atom. The van der Waals surface area contributed by atoms with Crippen LogP contribution in [0, 0.1) is 56.2 Å². The Labute approximate surface area is 311 Å². The van der Waals surface area contributed by atoms with Crippen LogP contribution in [0.3, 0.4) is 0 Å². The zero-order valence-electron chi connectivity index (χ0n) is 31.8. The molecule has 0 spiro atoms. The maximum atomic E-state index is 13.1. The molecule has 0 unspecified atom stereocenters. The fraction of sp³-hybridized carbons (Fsp3) is 0.900. The quantitative estimate of drug-likeness (QED) is 0.154. The maximum Gasteiger partial charge on any atom is 0.335 e. The van der Waals surface area contributed by atoms with Gasteiger partial charge in [0, 0.05) is 0 Å². The number of allylic oxidation sites excluding steroid dienone is 2. The maximum absolute atomic E-state index is 13.1. The first-order valence-corrected chi connectivity index (χ1v) is 19.8. The van der Waals surface area contributed by atoms with E-state index in [1.165, 1.54) is 5.57 Å². The fourth-order valence-corrected chi connectivity index (χ4v) is 14.6. The molecule has 6 aliphatic carbocycles. The number of aliphatic hydroxyl groups is 5. The number of rotatable bonds is 6. The summed E-state index contributed by atoms with van der Waals surface area (Å²) in [5.74, 6) is -1.27. The largest absolute Gasteiger partial charge is 0.481 e. The van der Waals surface area contributed by atoms with Gasteiger partial charge in [0.1, 0.15) is 36.6 Å². The minimum absolute atomic E-state index is 0.0256. The van der Waals surface area contributed by atoms with Crippen molar-refractivity contribution in [2.75, 3.05) is 6.61 Å². The Bertz CT molecular complexity index is 1550. The second-order valence-corrected chi connectivity index (χ2v) is 19.9. The van der Waals surface area contributed by atoms with Crippen LogP contribution in [0.1, 0.15) is 99.3 Å². The van der Waals surface area contributed by atoms with Crippen LogP contribution in [-0.4, -0.2) is 116 Å². The van der Waals surface area contributed by atoms with E-state index in [0.717, 1.165) is 51.4 Å². The lowest BCUT2D eigenvalue weighted by atomic mass is 9.34. The van der Waals surface area contributed by atoms with Crippen molar-refractivity contribution in [3.63, 3.8) is 0 Å². The molecule has 7 fully saturated rings. The minimum atomic E-state index is -1.88. The van der Waals surface area contributed by atoms with Gasteiger partial charge in [0.25, 0.3) is 0 Å². The van der Waals surface area contributed by atoms with Gasteiger partial charge < -0.3 is 54.7 Å². The van der Waals surface area contributed by atoms with E-state index in [4.69, 9.17) is 18.9 Å². The van der Waals surface area contributed by atoms with Gasteiger partial charge in [0.05, 0.1) is 18.1 Å². The van der Waals surface area contributed by atoms with Crippen LogP contribution >= 0.6 is 0 Å². The Balaban J connectivity index is 1.06. The predicted octanol–water partition coefficient (Wildman–Crippen LogP) is 2.83. The number of hydrogen-bond donors (Lipinski definition) is 7. The van der Waals surface area contributed by atoms with E-state index >= 15 is 0 Å². The molecule has 13 heteroatoms. The summed E-state index contributed by atoms with van der Waals surface area (Å²) < 4.78 is 23.8. The van der Waals surface area contributed by atoms with E-state index < -0.39 is 84.2 Å². The SMILES string of the molecule is CC1(C)[C@H]2CC[C@]3(C)[C@@H](CC=C4[C@H]5C[C@]6(C)CC[C@@]5(C(=O)O)[C@@H]6C[C@@]43C)[C@]2(C)CC[C@H]1O[C@@H]1O[C@H](C(=O)O)[C@H](O)[C@@H](O)[C@H]1O[C@H]1OC[C@H](O)[C@H](O)[C@H]1O. The van der Waals surface area contributed by atoms with E-state index in [-0.39, 0.29) is 46.0 Å². The van der Waals surface area contributed by atoms with Crippen LogP contribution in [0.5, 0.6) is 0 Å². The van der Waals surface area contributed by atoms with Crippen LogP contribution in [0.4, 0.5) is 0 Å². The molecule has 19 atom stereocenters. The van der Waals surface area contributed by atoms with E-state index in [1.807, 2.05) is 0 Å². The van der Waals surface area contributed by atoms with Crippen LogP contribution in [0.2, 0.25) is 0 Å². The number of carbonyl (C=O) groups is 2. The van der Waals surface area contributed by atoms with Crippen LogP contribution < -0.4 is 0 Å². The summed E-state index contributed by atoms with van der Waals surface area (Å²) in [6, 6.07) is 0. The van der Waals surface area contributed by atoms with Crippen molar-refractivity contribution in [2.24, 2.45) is 56.2 Å². The van der Waals surface area contributed by atoms with Crippen molar-refractivity contribution in [3.05, 3.63) is 11.6 Å². The fourth-order valence-electron chi connectivity index (χ4n) is 14.6. The monoisotopic (exact) mass is 748 g/mol. The van der Waals surface area contributed by atoms with Gasteiger partial charge in [-0.2, -0.15) is 0 Å². The summed E-state index contributed by atoms with van der Waals surface area (Å²) in [6.45, 7) is 13.7. The molecule has 2 aliphatic heterocycles. The number of carboxylic acids is 2. The number of aliphatic hydroxyl groups excluding tert-OH is 5. The molecule has 2 heterocycles. The first-order valence-electron chi connectivity index (χ1n) is 19.8. The first-order chi connectivity index (χ1) is 24.7. The second kappa shape index (κ2) is 12.2. The highest BCUT2D eigenvalue weighted by Gasteiger charge is 2.77. The lowest BCUT2D eigenvalue weighted by Gasteiger charge is -2.70. The highest BCUT2D eigenvalue weighted by Crippen LogP contribution is 2.82. The summed E-state index contributed by atoms with van der Waals surface area (Å²) in [5.41, 5.74) is 0.169. The molecular formula is C40H60O13. The molecule has 0 amide bonds. The van der Waals surface area contributed by atoms with Crippen molar-refractivity contribution in [3.8, 4) is 0 Å². The average Bonchev–Trinajstić information content (AvgIpc) is 3.46. The van der Waals surface area contributed by atoms with Gasteiger partial charge in [0.15, 0.2) is 18.7 Å². The third-order valence-electron chi connectivity index (χ3n) is 17.5. The van der Waals surface area contributed by atoms with Crippen molar-refractivity contribution in [2.45, 2.75) is 161 Å². The van der Waals surface area contributed by atoms with Gasteiger partial charge in [-0.1, -0.05) is 53.2 Å². The van der Waals surface area contributed by atoms with Gasteiger partial charge in [-0.05, 0) is 109 Å². The molecule has 7 N–H and O–H groups in total. The zero-order valence-corrected chi connectivity index (χ0v) is 31.8. The molecule has 13 nitrogen and oxygen atoms in total. The molecular weight excluding hydrogens is 688 g/mol. The Kier molecular flexibility index (Phi) is 8.77. The normalized spacial score (nSPS) is 56.8. The van der Waals surface area contributed by atoms with Gasteiger partial charge in [-0.25, -0.2) is 4.79 Å². The number of carboxylic acid groups (broad SMARTS) is 2. The molecule has 8 rings (SSSR count). The predicted molar refractivity (Wildman–Crippen MR) is 186 cm³/mol. The van der Waals surface area contributed by atoms with Crippen LogP contribution in [0.25, 0.3) is 0 Å². The molecule has 0 aromatic rings. The van der Waals surface area contributed by atoms with E-state index in [0.29, 0.717) is 12.3 Å². The Morgan fingerprint density at radius 2 is 1.49 bits per heavy atom. The second-order valence-electron chi connectivity index (χ2n) is 19.9. The summed E-state index contributed by atoms with van der Waals surface area (Å²) in [6.07, 6.45) is -4.69. The molecule has 8 aliphatic rings. The van der Waals surface area contributed by atoms with E-state index in [2.05, 4.69) is 47.6 Å². The topological polar surface area (TPSA) is 213 Å². The lowest BCUT2D eigenvalue weighted by Crippen LogP contribution is -2.66. The molecule has 298 valence electrons. The smallest absolute Gasteiger partial charge is 0.335 e. The minimum Gasteiger partial charge on any atom is -0.481 e. The first kappa shape index (κ1) is 38.2. The molecule has 0 aromatic heterocycles. The lowest BCUT2D eigenvalue weighted by molar-refractivity contribution is -0.366. The third kappa shape index (κ3) is 4.93. The number of hydrogen-bond acceptors (Lipinski definition) is 11. The van der Waals surface area contributed by atoms with E-state index in [1.54, 1.807) is 0 Å². The summed E-state index contributed by atoms with van der Waals surface area (Å²) in [5, 5.41) is 73.3. The van der Waals surface area contributed by atoms with Gasteiger partial charge in [0.2, 0.25) is 0 Å². The third-order valence-corrected chi connectivity index (χ3v) is 17.5. The summed E-state index contributed by atoms with van der Waals surface area (Å²) in [7, 11) is 0. The molecule has 53 heavy (non-hydrogen) atoms. The molecule has 0 aromatic carbocycles. The zero-order chi connectivity index (χ0) is 38.4. The van der Waals surface area contributed by atoms with Gasteiger partial charge >= 0.3 is 11.9 Å². The van der Waals surface area contributed by atoms with E-state index in [9.17, 15) is 45.3 Å². The molecule has 0 radical (unpaired) electrons. The van der Waals surface area contributed by atoms with Gasteiger partial charge in [-0.3, -0.25) is 4.79 Å². The van der Waals surface area contributed by atoms with Crippen molar-refractivity contribution in [1.82, 2.24) is 0 Å². The highest BCUT2D eigenvalue weighted by atomic mass is 16.8. The average molecular weight is 749 g/mol. The van der Waals surface area contributed by atoms with Crippen molar-refractivity contribution in [1.29, 1.82) is 0 Å². The highest BCUT2D eigenvalue weighted by molar-refractivity contribution is 5.79. The molecule has 5 saturated carbocycles. The van der Waals surface area contributed by atoms with Gasteiger partial charge in [-0.15, -0.1) is 0 Å². The number of aliphatic carboxylic acids is 2. The Morgan fingerprint density at radius 1 is 0.774 bits per heavy atom. The molecule has 2 saturated heterocycles. The number of fused-ring (bicyclic) bond motifs is 6. The number of ether oxygens (including phenoxy) is 4. The summed E-state index contributed by atoms with van der Waals surface area (Å²) in [4.78, 5) is 25.2. The Hall–Kier alpha value is -1.68. The molecule has 4 bridgehead atoms. The standard InChI is InChI=1S/C40H60O13/c1-35(2)21-9-12-38(5)22(8-7-18-19-15-36(3)13-14-40(19,34(48)49)23(36)16-39(18,38)6)37(21,4)11-10-24(35)51-33-30(27(44)26(43)29(52-33)31(46)47)53-32-28(45)25(42)20(41)17-50-32/h7,19-30,32-33,41-45H,8-17H2,1-6H3,(H,46,47)(H,48,49)/t19-,20+,21-,22+,23-,24-,25+,26-,27-,28-,29+,30-,32-,33-,36+,37-,38-,39+,40+/m1/s1. The summed E-state index contributed by atoms with van der Waals surface area (Å²) >= 11 is 0. The van der Waals surface area contributed by atoms with Crippen molar-refractivity contribution < 1.29 is 64.3 Å². The van der Waals surface area contributed by atoms with Crippen LogP contribution in [0.15, 0.2) is 11.6 Å².